The van der Waals surface area contributed by atoms with Crippen LogP contribution in [0, 0.1) is 5.92 Å². The molecule has 1 unspecified atom stereocenters. The summed E-state index contributed by atoms with van der Waals surface area (Å²) in [6, 6.07) is 5.58. The molecule has 0 saturated carbocycles. The number of amides is 2. The number of fused-ring (bicyclic) bond motifs is 6. The van der Waals surface area contributed by atoms with Gasteiger partial charge in [-0.1, -0.05) is 25.7 Å². The van der Waals surface area contributed by atoms with E-state index in [-0.39, 0.29) is 17.4 Å². The molecule has 0 spiro atoms. The average Bonchev–Trinajstić information content (AvgIpc) is 3.54. The summed E-state index contributed by atoms with van der Waals surface area (Å²) in [6.45, 7) is 6.96. The van der Waals surface area contributed by atoms with Crippen molar-refractivity contribution in [3.63, 3.8) is 0 Å². The Morgan fingerprint density at radius 3 is 2.69 bits per heavy atom. The van der Waals surface area contributed by atoms with Gasteiger partial charge in [0.25, 0.3) is 5.91 Å². The largest absolute Gasteiger partial charge is 0.350 e. The Balaban J connectivity index is 1.47. The van der Waals surface area contributed by atoms with E-state index in [9.17, 15) is 9.59 Å². The fourth-order valence-electron chi connectivity index (χ4n) is 5.73. The molecule has 0 radical (unpaired) electrons. The first-order valence-corrected chi connectivity index (χ1v) is 13.8. The van der Waals surface area contributed by atoms with Gasteiger partial charge in [0.2, 0.25) is 5.91 Å². The predicted molar refractivity (Wildman–Crippen MR) is 139 cm³/mol. The summed E-state index contributed by atoms with van der Waals surface area (Å²) in [5, 5.41) is 5.37. The van der Waals surface area contributed by atoms with Gasteiger partial charge >= 0.3 is 0 Å². The van der Waals surface area contributed by atoms with E-state index in [0.29, 0.717) is 36.1 Å². The summed E-state index contributed by atoms with van der Waals surface area (Å²) in [4.78, 5) is 34.8. The molecular formula is C26H36N6O2S. The number of aromatic nitrogens is 3. The van der Waals surface area contributed by atoms with Crippen LogP contribution in [-0.4, -0.2) is 45.2 Å². The number of nitrogens with one attached hydrogen (secondary N) is 1. The number of aryl methyl sites for hydroxylation is 1. The van der Waals surface area contributed by atoms with Crippen molar-refractivity contribution in [2.24, 2.45) is 5.92 Å². The Hall–Kier alpha value is -2.55. The number of carbonyl (C=O) groups excluding carboxylic acids is 2. The Kier molecular flexibility index (Phi) is 7.05. The van der Waals surface area contributed by atoms with Crippen LogP contribution in [0.1, 0.15) is 82.0 Å². The molecule has 35 heavy (non-hydrogen) atoms. The molecule has 1 N–H and O–H groups in total. The van der Waals surface area contributed by atoms with Crippen LogP contribution in [0.2, 0.25) is 0 Å². The first-order valence-electron chi connectivity index (χ1n) is 13.0. The summed E-state index contributed by atoms with van der Waals surface area (Å²) >= 11 is 1.24. The first kappa shape index (κ1) is 24.2. The Morgan fingerprint density at radius 1 is 1.03 bits per heavy atom. The van der Waals surface area contributed by atoms with Crippen LogP contribution in [0.15, 0.2) is 29.4 Å². The zero-order chi connectivity index (χ0) is 24.4. The highest BCUT2D eigenvalue weighted by Crippen LogP contribution is 2.40. The van der Waals surface area contributed by atoms with Crippen molar-refractivity contribution >= 4 is 35.4 Å². The van der Waals surface area contributed by atoms with E-state index in [4.69, 9.17) is 4.98 Å². The van der Waals surface area contributed by atoms with Crippen molar-refractivity contribution in [2.45, 2.75) is 88.7 Å². The second-order valence-corrected chi connectivity index (χ2v) is 11.5. The van der Waals surface area contributed by atoms with E-state index in [1.54, 1.807) is 4.90 Å². The van der Waals surface area contributed by atoms with Crippen molar-refractivity contribution in [3.05, 3.63) is 30.0 Å². The van der Waals surface area contributed by atoms with Crippen LogP contribution in [0.5, 0.6) is 0 Å². The average molecular weight is 497 g/mol. The summed E-state index contributed by atoms with van der Waals surface area (Å²) < 4.78 is 4.94. The van der Waals surface area contributed by atoms with Crippen molar-refractivity contribution in [2.75, 3.05) is 22.9 Å². The number of hydrogen-bond acceptors (Lipinski definition) is 6. The minimum atomic E-state index is -0.188. The summed E-state index contributed by atoms with van der Waals surface area (Å²) in [5.74, 6) is 1.82. The van der Waals surface area contributed by atoms with Crippen LogP contribution in [0.25, 0.3) is 0 Å². The predicted octanol–water partition coefficient (Wildman–Crippen LogP) is 4.80. The van der Waals surface area contributed by atoms with Gasteiger partial charge in [0.1, 0.15) is 16.7 Å². The van der Waals surface area contributed by atoms with E-state index >= 15 is 0 Å². The van der Waals surface area contributed by atoms with Gasteiger partial charge in [-0.05, 0) is 63.6 Å². The second kappa shape index (κ2) is 10.2. The van der Waals surface area contributed by atoms with E-state index in [2.05, 4.69) is 28.6 Å². The molecule has 2 aromatic heterocycles. The smallest absolute Gasteiger partial charge is 0.265 e. The highest BCUT2D eigenvalue weighted by molar-refractivity contribution is 7.97. The third-order valence-corrected chi connectivity index (χ3v) is 8.25. The van der Waals surface area contributed by atoms with Crippen molar-refractivity contribution in [3.8, 4) is 0 Å². The van der Waals surface area contributed by atoms with Gasteiger partial charge in [0.15, 0.2) is 0 Å². The molecule has 5 rings (SSSR count). The number of anilines is 2. The number of nitrogens with zero attached hydrogens (tertiary/aromatic N) is 5. The molecular weight excluding hydrogens is 460 g/mol. The molecule has 2 aromatic rings. The number of pyridine rings is 1. The molecule has 2 saturated heterocycles. The zero-order valence-corrected chi connectivity index (χ0v) is 21.6. The quantitative estimate of drug-likeness (QED) is 0.571. The lowest BCUT2D eigenvalue weighted by atomic mass is 9.92. The molecule has 3 aliphatic rings. The number of hydrogen-bond donors (Lipinski definition) is 1. The Labute approximate surface area is 212 Å². The standard InChI is InChI=1S/C26H36N6O2S/c1-26(2)17-19-9-6-4-3-5-7-14-30-16-13-22(28-30)35-29-25(34)20-11-12-21(27-24(20)32(26)18-19)31-15-8-10-23(31)33/h11-13,16,19H,3-10,14-15,17-18H2,1-2H3,(H,29,34). The van der Waals surface area contributed by atoms with Crippen LogP contribution in [-0.2, 0) is 11.3 Å². The summed E-state index contributed by atoms with van der Waals surface area (Å²) in [5.41, 5.74) is 0.428. The first-order chi connectivity index (χ1) is 16.9. The molecule has 1 atom stereocenters. The molecule has 4 bridgehead atoms. The Bertz CT molecular complexity index is 1080. The van der Waals surface area contributed by atoms with Gasteiger partial charge in [-0.3, -0.25) is 23.9 Å². The van der Waals surface area contributed by atoms with Gasteiger partial charge in [0, 0.05) is 49.7 Å². The van der Waals surface area contributed by atoms with Gasteiger partial charge < -0.3 is 4.90 Å². The lowest BCUT2D eigenvalue weighted by Crippen LogP contribution is -2.40. The maximum atomic E-state index is 13.4. The van der Waals surface area contributed by atoms with Gasteiger partial charge in [-0.25, -0.2) is 4.98 Å². The van der Waals surface area contributed by atoms with Crippen LogP contribution in [0.4, 0.5) is 11.6 Å². The highest BCUT2D eigenvalue weighted by atomic mass is 32.2. The van der Waals surface area contributed by atoms with Gasteiger partial charge in [-0.15, -0.1) is 0 Å². The lowest BCUT2D eigenvalue weighted by Gasteiger charge is -2.34. The third kappa shape index (κ3) is 5.34. The van der Waals surface area contributed by atoms with E-state index < -0.39 is 0 Å². The SMILES string of the molecule is CC1(C)CC2CCCCCCCn3ccc(n3)SNC(=O)c3ccc(N4CCCC4=O)nc3N1C2. The summed E-state index contributed by atoms with van der Waals surface area (Å²) in [7, 11) is 0. The van der Waals surface area contributed by atoms with E-state index in [0.717, 1.165) is 37.4 Å². The minimum absolute atomic E-state index is 0.104. The molecule has 8 nitrogen and oxygen atoms in total. The van der Waals surface area contributed by atoms with Crippen LogP contribution < -0.4 is 14.5 Å². The maximum Gasteiger partial charge on any atom is 0.265 e. The van der Waals surface area contributed by atoms with Gasteiger partial charge in [-0.2, -0.15) is 5.10 Å². The van der Waals surface area contributed by atoms with Gasteiger partial charge in [0.05, 0.1) is 5.56 Å². The molecule has 5 heterocycles. The highest BCUT2D eigenvalue weighted by Gasteiger charge is 2.40. The fourth-order valence-corrected chi connectivity index (χ4v) is 6.31. The zero-order valence-electron chi connectivity index (χ0n) is 20.8. The fraction of sp³-hybridized carbons (Fsp3) is 0.615. The lowest BCUT2D eigenvalue weighted by molar-refractivity contribution is -0.117. The normalized spacial score (nSPS) is 23.5. The number of rotatable bonds is 1. The third-order valence-electron chi connectivity index (χ3n) is 7.53. The number of carbonyl (C=O) groups is 2. The van der Waals surface area contributed by atoms with Crippen molar-refractivity contribution in [1.82, 2.24) is 19.5 Å². The Morgan fingerprint density at radius 2 is 1.86 bits per heavy atom. The topological polar surface area (TPSA) is 83.4 Å². The molecule has 9 heteroatoms. The molecule has 188 valence electrons. The van der Waals surface area contributed by atoms with Crippen LogP contribution >= 0.6 is 11.9 Å². The molecule has 0 aliphatic carbocycles. The molecule has 0 aromatic carbocycles. The molecule has 2 fully saturated rings. The minimum Gasteiger partial charge on any atom is -0.350 e. The van der Waals surface area contributed by atoms with Crippen molar-refractivity contribution < 1.29 is 9.59 Å². The van der Waals surface area contributed by atoms with Crippen molar-refractivity contribution in [1.29, 1.82) is 0 Å². The van der Waals surface area contributed by atoms with Crippen LogP contribution in [0.3, 0.4) is 0 Å². The maximum absolute atomic E-state index is 13.4. The van der Waals surface area contributed by atoms with E-state index in [1.807, 2.05) is 29.1 Å². The molecule has 2 amide bonds. The van der Waals surface area contributed by atoms with E-state index in [1.165, 1.54) is 44.1 Å². The summed E-state index contributed by atoms with van der Waals surface area (Å²) in [6.07, 6.45) is 11.8. The monoisotopic (exact) mass is 496 g/mol. The second-order valence-electron chi connectivity index (χ2n) is 10.7. The molecule has 3 aliphatic heterocycles.